The van der Waals surface area contributed by atoms with E-state index in [1.807, 2.05) is 27.7 Å². The Morgan fingerprint density at radius 3 is 1.91 bits per heavy atom. The van der Waals surface area contributed by atoms with Crippen molar-refractivity contribution in [2.24, 2.45) is 5.92 Å². The van der Waals surface area contributed by atoms with Crippen molar-refractivity contribution in [3.05, 3.63) is 0 Å². The molecule has 0 saturated carbocycles. The van der Waals surface area contributed by atoms with Gasteiger partial charge in [-0.25, -0.2) is 0 Å². The number of ether oxygens (including phenoxy) is 1. The Labute approximate surface area is 143 Å². The highest BCUT2D eigenvalue weighted by molar-refractivity contribution is 6.60. The molecular formula is C17H36O5Si. The fourth-order valence-corrected chi connectivity index (χ4v) is 5.10. The number of hydrogen-bond acceptors (Lipinski definition) is 5. The molecule has 23 heavy (non-hydrogen) atoms. The van der Waals surface area contributed by atoms with Crippen LogP contribution in [0.5, 0.6) is 0 Å². The molecule has 1 unspecified atom stereocenters. The first-order valence-electron chi connectivity index (χ1n) is 9.17. The van der Waals surface area contributed by atoms with Crippen LogP contribution in [0.4, 0.5) is 0 Å². The highest BCUT2D eigenvalue weighted by atomic mass is 28.4. The molecule has 0 aromatic carbocycles. The van der Waals surface area contributed by atoms with Gasteiger partial charge in [0.05, 0.1) is 12.5 Å². The van der Waals surface area contributed by atoms with Gasteiger partial charge in [0.1, 0.15) is 0 Å². The monoisotopic (exact) mass is 348 g/mol. The zero-order valence-electron chi connectivity index (χ0n) is 15.7. The van der Waals surface area contributed by atoms with Gasteiger partial charge in [-0.1, -0.05) is 26.7 Å². The van der Waals surface area contributed by atoms with E-state index in [4.69, 9.17) is 18.0 Å². The SMILES string of the molecule is CCCCC(CC)C(=O)OCCC[Si](OCC)(OCC)OCC. The third kappa shape index (κ3) is 9.45. The number of esters is 1. The van der Waals surface area contributed by atoms with Crippen molar-refractivity contribution in [1.82, 2.24) is 0 Å². The van der Waals surface area contributed by atoms with Crippen LogP contribution in [0.1, 0.15) is 66.7 Å². The second-order valence-corrected chi connectivity index (χ2v) is 8.23. The summed E-state index contributed by atoms with van der Waals surface area (Å²) in [6, 6.07) is 0.682. The Bertz CT molecular complexity index is 282. The van der Waals surface area contributed by atoms with E-state index in [0.29, 0.717) is 38.9 Å². The molecule has 0 saturated heterocycles. The quantitative estimate of drug-likeness (QED) is 0.252. The van der Waals surface area contributed by atoms with Gasteiger partial charge in [0.15, 0.2) is 0 Å². The maximum absolute atomic E-state index is 12.1. The molecule has 5 nitrogen and oxygen atoms in total. The van der Waals surface area contributed by atoms with Crippen molar-refractivity contribution in [1.29, 1.82) is 0 Å². The minimum atomic E-state index is -2.62. The molecule has 0 rings (SSSR count). The summed E-state index contributed by atoms with van der Waals surface area (Å²) in [6.07, 6.45) is 4.65. The molecule has 0 bridgehead atoms. The van der Waals surface area contributed by atoms with E-state index in [2.05, 4.69) is 6.92 Å². The lowest BCUT2D eigenvalue weighted by atomic mass is 10.00. The van der Waals surface area contributed by atoms with E-state index in [9.17, 15) is 4.79 Å². The molecule has 6 heteroatoms. The molecule has 0 fully saturated rings. The summed E-state index contributed by atoms with van der Waals surface area (Å²) < 4.78 is 22.8. The van der Waals surface area contributed by atoms with Gasteiger partial charge in [-0.3, -0.25) is 4.79 Å². The average Bonchev–Trinajstić information content (AvgIpc) is 2.53. The Balaban J connectivity index is 4.28. The van der Waals surface area contributed by atoms with E-state index < -0.39 is 8.80 Å². The van der Waals surface area contributed by atoms with Gasteiger partial charge in [-0.15, -0.1) is 0 Å². The van der Waals surface area contributed by atoms with Crippen LogP contribution < -0.4 is 0 Å². The van der Waals surface area contributed by atoms with Crippen LogP contribution in [0, 0.1) is 5.92 Å². The third-order valence-corrected chi connectivity index (χ3v) is 6.85. The number of rotatable bonds is 15. The molecule has 0 N–H and O–H groups in total. The second kappa shape index (κ2) is 14.0. The molecule has 0 spiro atoms. The lowest BCUT2D eigenvalue weighted by Crippen LogP contribution is -2.46. The number of hydrogen-bond donors (Lipinski definition) is 0. The highest BCUT2D eigenvalue weighted by Crippen LogP contribution is 2.19. The lowest BCUT2D eigenvalue weighted by molar-refractivity contribution is -0.149. The van der Waals surface area contributed by atoms with Crippen molar-refractivity contribution in [3.8, 4) is 0 Å². The zero-order valence-corrected chi connectivity index (χ0v) is 16.7. The first-order valence-corrected chi connectivity index (χ1v) is 11.1. The summed E-state index contributed by atoms with van der Waals surface area (Å²) in [5.41, 5.74) is 0. The van der Waals surface area contributed by atoms with Gasteiger partial charge in [-0.05, 0) is 40.0 Å². The van der Waals surface area contributed by atoms with Gasteiger partial charge in [-0.2, -0.15) is 0 Å². The van der Waals surface area contributed by atoms with Crippen molar-refractivity contribution < 1.29 is 22.8 Å². The topological polar surface area (TPSA) is 54.0 Å². The molecule has 1 atom stereocenters. The van der Waals surface area contributed by atoms with Crippen LogP contribution in [0.3, 0.4) is 0 Å². The molecule has 0 aromatic heterocycles. The first-order chi connectivity index (χ1) is 11.1. The summed E-state index contributed by atoms with van der Waals surface area (Å²) in [5.74, 6) is -0.0416. The van der Waals surface area contributed by atoms with Crippen LogP contribution >= 0.6 is 0 Å². The Morgan fingerprint density at radius 2 is 1.48 bits per heavy atom. The Kier molecular flexibility index (Phi) is 13.7. The van der Waals surface area contributed by atoms with Crippen LogP contribution in [0.25, 0.3) is 0 Å². The number of carbonyl (C=O) groups excluding carboxylic acids is 1. The standard InChI is InChI=1S/C17H36O5Si/c1-6-11-13-16(7-2)17(18)19-14-12-15-23(20-8-3,21-9-4)22-10-5/h16H,6-15H2,1-5H3. The van der Waals surface area contributed by atoms with E-state index >= 15 is 0 Å². The van der Waals surface area contributed by atoms with Crippen LogP contribution in [0.2, 0.25) is 6.04 Å². The van der Waals surface area contributed by atoms with Gasteiger partial charge >= 0.3 is 14.8 Å². The summed E-state index contributed by atoms with van der Waals surface area (Å²) in [5, 5.41) is 0. The normalized spacial score (nSPS) is 13.1. The zero-order chi connectivity index (χ0) is 17.6. The van der Waals surface area contributed by atoms with E-state index in [-0.39, 0.29) is 11.9 Å². The molecule has 0 aliphatic rings. The van der Waals surface area contributed by atoms with Gasteiger partial charge in [0.25, 0.3) is 0 Å². The lowest BCUT2D eigenvalue weighted by Gasteiger charge is -2.28. The fraction of sp³-hybridized carbons (Fsp3) is 0.941. The summed E-state index contributed by atoms with van der Waals surface area (Å²) in [7, 11) is -2.62. The summed E-state index contributed by atoms with van der Waals surface area (Å²) in [4.78, 5) is 12.1. The summed E-state index contributed by atoms with van der Waals surface area (Å²) >= 11 is 0. The van der Waals surface area contributed by atoms with E-state index in [1.165, 1.54) is 0 Å². The Hall–Kier alpha value is -0.433. The Morgan fingerprint density at radius 1 is 0.913 bits per heavy atom. The van der Waals surface area contributed by atoms with Crippen LogP contribution in [0.15, 0.2) is 0 Å². The van der Waals surface area contributed by atoms with Gasteiger partial charge < -0.3 is 18.0 Å². The van der Waals surface area contributed by atoms with Crippen molar-refractivity contribution in [2.45, 2.75) is 72.8 Å². The fourth-order valence-electron chi connectivity index (χ4n) is 2.52. The second-order valence-electron chi connectivity index (χ2n) is 5.50. The molecule has 0 radical (unpaired) electrons. The molecule has 0 heterocycles. The third-order valence-electron chi connectivity index (χ3n) is 3.70. The first kappa shape index (κ1) is 22.6. The predicted octanol–water partition coefficient (Wildman–Crippen LogP) is 4.18. The summed E-state index contributed by atoms with van der Waals surface area (Å²) in [6.45, 7) is 12.1. The smallest absolute Gasteiger partial charge is 0.465 e. The maximum Gasteiger partial charge on any atom is 0.501 e. The minimum absolute atomic E-state index is 0.0302. The van der Waals surface area contributed by atoms with Crippen molar-refractivity contribution in [3.63, 3.8) is 0 Å². The molecule has 0 aliphatic heterocycles. The van der Waals surface area contributed by atoms with Crippen LogP contribution in [-0.2, 0) is 22.8 Å². The highest BCUT2D eigenvalue weighted by Gasteiger charge is 2.39. The number of carbonyl (C=O) groups is 1. The average molecular weight is 349 g/mol. The van der Waals surface area contributed by atoms with Crippen molar-refractivity contribution in [2.75, 3.05) is 26.4 Å². The largest absolute Gasteiger partial charge is 0.501 e. The predicted molar refractivity (Wildman–Crippen MR) is 94.3 cm³/mol. The van der Waals surface area contributed by atoms with Crippen LogP contribution in [-0.4, -0.2) is 41.2 Å². The molecular weight excluding hydrogens is 312 g/mol. The number of unbranched alkanes of at least 4 members (excludes halogenated alkanes) is 1. The molecule has 138 valence electrons. The van der Waals surface area contributed by atoms with E-state index in [1.54, 1.807) is 0 Å². The molecule has 0 aromatic rings. The van der Waals surface area contributed by atoms with Crippen molar-refractivity contribution >= 4 is 14.8 Å². The molecule has 0 aliphatic carbocycles. The molecule has 0 amide bonds. The van der Waals surface area contributed by atoms with Gasteiger partial charge in [0, 0.05) is 25.9 Å². The maximum atomic E-state index is 12.1. The van der Waals surface area contributed by atoms with E-state index in [0.717, 1.165) is 25.7 Å². The van der Waals surface area contributed by atoms with Gasteiger partial charge in [0.2, 0.25) is 0 Å². The minimum Gasteiger partial charge on any atom is -0.465 e.